The van der Waals surface area contributed by atoms with Crippen LogP contribution in [0.25, 0.3) is 0 Å². The van der Waals surface area contributed by atoms with Gasteiger partial charge in [-0.3, -0.25) is 4.79 Å². The van der Waals surface area contributed by atoms with Crippen LogP contribution in [0.5, 0.6) is 0 Å². The molecule has 0 spiro atoms. The average molecular weight is 371 g/mol. The van der Waals surface area contributed by atoms with Crippen molar-refractivity contribution in [3.8, 4) is 0 Å². The van der Waals surface area contributed by atoms with Crippen LogP contribution in [0.15, 0.2) is 29.2 Å². The van der Waals surface area contributed by atoms with Gasteiger partial charge in [-0.1, -0.05) is 19.4 Å². The van der Waals surface area contributed by atoms with Gasteiger partial charge in [-0.25, -0.2) is 8.42 Å². The Labute approximate surface area is 151 Å². The quantitative estimate of drug-likeness (QED) is 0.608. The molecule has 142 valence electrons. The fourth-order valence-electron chi connectivity index (χ4n) is 2.07. The highest BCUT2D eigenvalue weighted by atomic mass is 32.2. The summed E-state index contributed by atoms with van der Waals surface area (Å²) in [7, 11) is -2.07. The molecule has 0 fully saturated rings. The van der Waals surface area contributed by atoms with Crippen molar-refractivity contribution in [1.29, 1.82) is 0 Å². The van der Waals surface area contributed by atoms with Gasteiger partial charge in [0.15, 0.2) is 0 Å². The smallest absolute Gasteiger partial charge is 0.251 e. The van der Waals surface area contributed by atoms with Gasteiger partial charge >= 0.3 is 0 Å². The molecular formula is C18H30N2O4S. The Kier molecular flexibility index (Phi) is 9.10. The normalized spacial score (nSPS) is 11.9. The van der Waals surface area contributed by atoms with Crippen LogP contribution in [-0.4, -0.2) is 51.5 Å². The highest BCUT2D eigenvalue weighted by Crippen LogP contribution is 2.17. The van der Waals surface area contributed by atoms with E-state index in [0.717, 1.165) is 25.9 Å². The van der Waals surface area contributed by atoms with Gasteiger partial charge in [0.05, 0.1) is 4.90 Å². The van der Waals surface area contributed by atoms with Crippen LogP contribution < -0.4 is 5.32 Å². The van der Waals surface area contributed by atoms with Gasteiger partial charge in [0, 0.05) is 38.4 Å². The molecule has 1 aromatic carbocycles. The maximum Gasteiger partial charge on any atom is 0.251 e. The molecule has 7 heteroatoms. The minimum atomic E-state index is -3.60. The minimum absolute atomic E-state index is 0.124. The Morgan fingerprint density at radius 1 is 1.24 bits per heavy atom. The van der Waals surface area contributed by atoms with E-state index in [1.165, 1.54) is 23.5 Å². The molecule has 0 aliphatic rings. The highest BCUT2D eigenvalue weighted by Gasteiger charge is 2.23. The summed E-state index contributed by atoms with van der Waals surface area (Å²) in [6, 6.07) is 5.97. The van der Waals surface area contributed by atoms with Gasteiger partial charge < -0.3 is 10.1 Å². The van der Waals surface area contributed by atoms with Crippen LogP contribution in [0.1, 0.15) is 50.4 Å². The van der Waals surface area contributed by atoms with Crippen LogP contribution >= 0.6 is 0 Å². The van der Waals surface area contributed by atoms with Gasteiger partial charge in [-0.15, -0.1) is 0 Å². The lowest BCUT2D eigenvalue weighted by Crippen LogP contribution is -2.33. The van der Waals surface area contributed by atoms with Crippen LogP contribution in [0.2, 0.25) is 0 Å². The predicted molar refractivity (Wildman–Crippen MR) is 99.2 cm³/mol. The standard InChI is InChI=1S/C18H30N2O4S/c1-5-6-12-24-13-8-11-19-18(21)16-9-7-10-17(14-16)25(22,23)20(4)15(2)3/h7,9-10,14-15H,5-6,8,11-13H2,1-4H3,(H,19,21). The summed E-state index contributed by atoms with van der Waals surface area (Å²) >= 11 is 0. The number of benzene rings is 1. The first kappa shape index (κ1) is 21.6. The molecule has 0 saturated heterocycles. The second-order valence-electron chi connectivity index (χ2n) is 6.22. The molecule has 25 heavy (non-hydrogen) atoms. The van der Waals surface area contributed by atoms with Crippen molar-refractivity contribution in [3.63, 3.8) is 0 Å². The van der Waals surface area contributed by atoms with E-state index in [2.05, 4.69) is 12.2 Å². The number of carbonyl (C=O) groups is 1. The molecule has 6 nitrogen and oxygen atoms in total. The molecule has 1 amide bonds. The highest BCUT2D eigenvalue weighted by molar-refractivity contribution is 7.89. The van der Waals surface area contributed by atoms with E-state index in [4.69, 9.17) is 4.74 Å². The van der Waals surface area contributed by atoms with Crippen LogP contribution in [-0.2, 0) is 14.8 Å². The molecule has 0 saturated carbocycles. The molecule has 0 heterocycles. The maximum absolute atomic E-state index is 12.5. The number of nitrogens with one attached hydrogen (secondary N) is 1. The van der Waals surface area contributed by atoms with E-state index in [1.54, 1.807) is 26.0 Å². The SMILES string of the molecule is CCCCOCCCNC(=O)c1cccc(S(=O)(=O)N(C)C(C)C)c1. The van der Waals surface area contributed by atoms with E-state index in [0.29, 0.717) is 18.7 Å². The number of sulfonamides is 1. The summed E-state index contributed by atoms with van der Waals surface area (Å²) in [5, 5.41) is 2.79. The molecule has 0 atom stereocenters. The van der Waals surface area contributed by atoms with Crippen molar-refractivity contribution in [1.82, 2.24) is 9.62 Å². The number of rotatable bonds is 11. The molecule has 0 bridgehead atoms. The zero-order chi connectivity index (χ0) is 18.9. The van der Waals surface area contributed by atoms with Crippen molar-refractivity contribution in [2.75, 3.05) is 26.8 Å². The van der Waals surface area contributed by atoms with Gasteiger partial charge in [0.2, 0.25) is 10.0 Å². The fraction of sp³-hybridized carbons (Fsp3) is 0.611. The van der Waals surface area contributed by atoms with Crippen molar-refractivity contribution < 1.29 is 17.9 Å². The van der Waals surface area contributed by atoms with Gasteiger partial charge in [-0.05, 0) is 44.9 Å². The molecule has 0 aliphatic carbocycles. The Balaban J connectivity index is 2.61. The Morgan fingerprint density at radius 2 is 1.92 bits per heavy atom. The van der Waals surface area contributed by atoms with E-state index in [9.17, 15) is 13.2 Å². The number of hydrogen-bond donors (Lipinski definition) is 1. The second-order valence-corrected chi connectivity index (χ2v) is 8.22. The molecule has 1 N–H and O–H groups in total. The Hall–Kier alpha value is -1.44. The summed E-state index contributed by atoms with van der Waals surface area (Å²) < 4.78 is 31.8. The van der Waals surface area contributed by atoms with Crippen LogP contribution in [0.4, 0.5) is 0 Å². The second kappa shape index (κ2) is 10.5. The third-order valence-corrected chi connectivity index (χ3v) is 5.92. The topological polar surface area (TPSA) is 75.7 Å². The van der Waals surface area contributed by atoms with Crippen molar-refractivity contribution in [2.24, 2.45) is 0 Å². The number of carbonyl (C=O) groups excluding carboxylic acids is 1. The number of nitrogens with zero attached hydrogens (tertiary/aromatic N) is 1. The molecule has 0 unspecified atom stereocenters. The largest absolute Gasteiger partial charge is 0.381 e. The van der Waals surface area contributed by atoms with Crippen LogP contribution in [0, 0.1) is 0 Å². The lowest BCUT2D eigenvalue weighted by atomic mass is 10.2. The lowest BCUT2D eigenvalue weighted by molar-refractivity contribution is 0.0940. The van der Waals surface area contributed by atoms with Gasteiger partial charge in [0.25, 0.3) is 5.91 Å². The Morgan fingerprint density at radius 3 is 2.56 bits per heavy atom. The lowest BCUT2D eigenvalue weighted by Gasteiger charge is -2.21. The summed E-state index contributed by atoms with van der Waals surface area (Å²) in [4.78, 5) is 12.3. The van der Waals surface area contributed by atoms with Crippen LogP contribution in [0.3, 0.4) is 0 Å². The maximum atomic E-state index is 12.5. The van der Waals surface area contributed by atoms with E-state index in [1.807, 2.05) is 0 Å². The van der Waals surface area contributed by atoms with Crippen molar-refractivity contribution in [3.05, 3.63) is 29.8 Å². The predicted octanol–water partition coefficient (Wildman–Crippen LogP) is 2.65. The molecule has 0 aromatic heterocycles. The number of amides is 1. The zero-order valence-electron chi connectivity index (χ0n) is 15.6. The Bertz CT molecular complexity index is 644. The summed E-state index contributed by atoms with van der Waals surface area (Å²) in [6.45, 7) is 7.56. The molecular weight excluding hydrogens is 340 g/mol. The van der Waals surface area contributed by atoms with Crippen molar-refractivity contribution in [2.45, 2.75) is 51.0 Å². The van der Waals surface area contributed by atoms with E-state index in [-0.39, 0.29) is 16.8 Å². The number of ether oxygens (including phenoxy) is 1. The summed E-state index contributed by atoms with van der Waals surface area (Å²) in [5.41, 5.74) is 0.338. The molecule has 0 radical (unpaired) electrons. The molecule has 0 aliphatic heterocycles. The number of unbranched alkanes of at least 4 members (excludes halogenated alkanes) is 1. The monoisotopic (exact) mass is 370 g/mol. The molecule has 1 aromatic rings. The van der Waals surface area contributed by atoms with Crippen molar-refractivity contribution >= 4 is 15.9 Å². The minimum Gasteiger partial charge on any atom is -0.381 e. The first-order valence-electron chi connectivity index (χ1n) is 8.74. The number of hydrogen-bond acceptors (Lipinski definition) is 4. The summed E-state index contributed by atoms with van der Waals surface area (Å²) in [6.07, 6.45) is 2.87. The fourth-order valence-corrected chi connectivity index (χ4v) is 3.48. The van der Waals surface area contributed by atoms with E-state index >= 15 is 0 Å². The molecule has 1 rings (SSSR count). The van der Waals surface area contributed by atoms with Gasteiger partial charge in [0.1, 0.15) is 0 Å². The first-order valence-corrected chi connectivity index (χ1v) is 10.2. The van der Waals surface area contributed by atoms with Gasteiger partial charge in [-0.2, -0.15) is 4.31 Å². The van der Waals surface area contributed by atoms with E-state index < -0.39 is 10.0 Å². The summed E-state index contributed by atoms with van der Waals surface area (Å²) in [5.74, 6) is -0.280. The average Bonchev–Trinajstić information content (AvgIpc) is 2.60. The third-order valence-electron chi connectivity index (χ3n) is 3.89. The first-order chi connectivity index (χ1) is 11.8. The third kappa shape index (κ3) is 6.76. The zero-order valence-corrected chi connectivity index (χ0v) is 16.4.